The zero-order chi connectivity index (χ0) is 31.6. The lowest BCUT2D eigenvalue weighted by molar-refractivity contribution is -0.184. The Morgan fingerprint density at radius 2 is 1.61 bits per heavy atom. The lowest BCUT2D eigenvalue weighted by Gasteiger charge is -2.35. The number of halogens is 7. The second kappa shape index (κ2) is 12.4. The second-order valence-electron chi connectivity index (χ2n) is 10.5. The van der Waals surface area contributed by atoms with Crippen LogP contribution in [0.3, 0.4) is 0 Å². The van der Waals surface area contributed by atoms with Gasteiger partial charge in [-0.1, -0.05) is 12.1 Å². The van der Waals surface area contributed by atoms with Crippen molar-refractivity contribution >= 4 is 35.2 Å². The molecule has 5 rings (SSSR count). The molecule has 3 aliphatic rings. The molecule has 1 aromatic heterocycles. The number of hydrogen-bond acceptors (Lipinski definition) is 7. The molecule has 17 heteroatoms. The van der Waals surface area contributed by atoms with Crippen LogP contribution in [0.15, 0.2) is 47.6 Å². The lowest BCUT2D eigenvalue weighted by Crippen LogP contribution is -2.50. The molecule has 3 amide bonds. The topological polar surface area (TPSA) is 102 Å². The molecule has 2 fully saturated rings. The smallest absolute Gasteiger partial charge is 0.415 e. The van der Waals surface area contributed by atoms with Gasteiger partial charge in [0.1, 0.15) is 11.6 Å². The standard InChI is InChI=1S/C27H28F7N7O3/c28-18-5-1-2-6-19(18)37-24(43)40-12-10-39(11-13-40)20-8-7-17(14-35-20)36-23(42)21-22(27(32,33)34)38-25(44-21)41-9-3-4-16(15-41)26(29,30)31/h1-2,5-8,14,16,21-22H,3-4,9-13,15H2,(H,36,42)(H,37,43). The molecule has 0 bridgehead atoms. The van der Waals surface area contributed by atoms with E-state index in [2.05, 4.69) is 20.6 Å². The predicted molar refractivity (Wildman–Crippen MR) is 145 cm³/mol. The van der Waals surface area contributed by atoms with E-state index < -0.39 is 60.7 Å². The fraction of sp³-hybridized carbons (Fsp3) is 0.481. The molecule has 1 aromatic carbocycles. The van der Waals surface area contributed by atoms with Crippen LogP contribution in [0.25, 0.3) is 0 Å². The van der Waals surface area contributed by atoms with Crippen LogP contribution in [-0.4, -0.2) is 96.5 Å². The van der Waals surface area contributed by atoms with Gasteiger partial charge in [0.15, 0.2) is 6.04 Å². The number of hydrogen-bond donors (Lipinski definition) is 2. The zero-order valence-electron chi connectivity index (χ0n) is 23.0. The minimum absolute atomic E-state index is 0.0141. The minimum Gasteiger partial charge on any atom is -0.449 e. The van der Waals surface area contributed by atoms with E-state index in [9.17, 15) is 40.3 Å². The Kier molecular flexibility index (Phi) is 8.74. The largest absolute Gasteiger partial charge is 0.449 e. The van der Waals surface area contributed by atoms with Crippen LogP contribution in [0.4, 0.5) is 52.7 Å². The van der Waals surface area contributed by atoms with Gasteiger partial charge < -0.3 is 30.1 Å². The number of alkyl halides is 6. The number of anilines is 3. The van der Waals surface area contributed by atoms with Crippen molar-refractivity contribution in [2.75, 3.05) is 54.8 Å². The Hall–Kier alpha value is -4.31. The van der Waals surface area contributed by atoms with Crippen LogP contribution in [0.1, 0.15) is 12.8 Å². The highest BCUT2D eigenvalue weighted by Crippen LogP contribution is 2.36. The highest BCUT2D eigenvalue weighted by molar-refractivity contribution is 5.97. The van der Waals surface area contributed by atoms with Crippen molar-refractivity contribution in [2.45, 2.75) is 37.3 Å². The quantitative estimate of drug-likeness (QED) is 0.483. The molecule has 44 heavy (non-hydrogen) atoms. The first-order valence-corrected chi connectivity index (χ1v) is 13.7. The van der Waals surface area contributed by atoms with E-state index in [1.165, 1.54) is 41.4 Å². The van der Waals surface area contributed by atoms with Gasteiger partial charge in [-0.15, -0.1) is 0 Å². The van der Waals surface area contributed by atoms with Crippen molar-refractivity contribution < 1.29 is 45.1 Å². The monoisotopic (exact) mass is 631 g/mol. The molecule has 0 spiro atoms. The number of carbonyl (C=O) groups excluding carboxylic acids is 2. The normalized spacial score (nSPS) is 22.8. The fourth-order valence-electron chi connectivity index (χ4n) is 5.17. The first-order chi connectivity index (χ1) is 20.8. The number of amidine groups is 1. The number of nitrogens with one attached hydrogen (secondary N) is 2. The molecule has 0 radical (unpaired) electrons. The van der Waals surface area contributed by atoms with E-state index in [4.69, 9.17) is 4.74 Å². The third-order valence-electron chi connectivity index (χ3n) is 7.54. The van der Waals surface area contributed by atoms with Crippen LogP contribution < -0.4 is 15.5 Å². The second-order valence-corrected chi connectivity index (χ2v) is 10.5. The van der Waals surface area contributed by atoms with Crippen molar-refractivity contribution in [3.63, 3.8) is 0 Å². The summed E-state index contributed by atoms with van der Waals surface area (Å²) in [5.74, 6) is -3.00. The molecule has 2 saturated heterocycles. The molecule has 0 aliphatic carbocycles. The molecular formula is C27H28F7N7O3. The highest BCUT2D eigenvalue weighted by atomic mass is 19.4. The third kappa shape index (κ3) is 7.07. The summed E-state index contributed by atoms with van der Waals surface area (Å²) >= 11 is 0. The van der Waals surface area contributed by atoms with E-state index in [-0.39, 0.29) is 30.8 Å². The van der Waals surface area contributed by atoms with Gasteiger partial charge in [0.2, 0.25) is 6.10 Å². The molecule has 2 aromatic rings. The van der Waals surface area contributed by atoms with Crippen LogP contribution in [-0.2, 0) is 9.53 Å². The first kappa shape index (κ1) is 31.1. The summed E-state index contributed by atoms with van der Waals surface area (Å²) in [7, 11) is 0. The number of urea groups is 1. The number of aliphatic imine (C=N–C) groups is 1. The van der Waals surface area contributed by atoms with E-state index in [0.717, 1.165) is 4.90 Å². The van der Waals surface area contributed by atoms with Crippen LogP contribution in [0, 0.1) is 11.7 Å². The summed E-state index contributed by atoms with van der Waals surface area (Å²) in [4.78, 5) is 37.4. The SMILES string of the molecule is O=C(Nc1ccc(N2CCN(C(=O)Nc3ccccc3F)CC2)nc1)C1OC(N2CCCC(C(F)(F)F)C2)=NC1C(F)(F)F. The van der Waals surface area contributed by atoms with Gasteiger partial charge in [0.25, 0.3) is 11.9 Å². The van der Waals surface area contributed by atoms with Crippen LogP contribution in [0.2, 0.25) is 0 Å². The van der Waals surface area contributed by atoms with Crippen molar-refractivity contribution in [2.24, 2.45) is 10.9 Å². The summed E-state index contributed by atoms with van der Waals surface area (Å²) in [6, 6.07) is 5.05. The predicted octanol–water partition coefficient (Wildman–Crippen LogP) is 4.47. The van der Waals surface area contributed by atoms with Gasteiger partial charge >= 0.3 is 18.4 Å². The lowest BCUT2D eigenvalue weighted by atomic mass is 9.98. The number of rotatable bonds is 4. The number of amides is 3. The van der Waals surface area contributed by atoms with Crippen molar-refractivity contribution in [3.8, 4) is 0 Å². The third-order valence-corrected chi connectivity index (χ3v) is 7.54. The maximum Gasteiger partial charge on any atom is 0.415 e. The molecule has 10 nitrogen and oxygen atoms in total. The number of likely N-dealkylation sites (tertiary alicyclic amines) is 1. The highest BCUT2D eigenvalue weighted by Gasteiger charge is 2.54. The van der Waals surface area contributed by atoms with Crippen LogP contribution >= 0.6 is 0 Å². The average Bonchev–Trinajstić information content (AvgIpc) is 3.46. The Morgan fingerprint density at radius 3 is 2.25 bits per heavy atom. The van der Waals surface area contributed by atoms with E-state index in [1.54, 1.807) is 6.07 Å². The van der Waals surface area contributed by atoms with Gasteiger partial charge in [0.05, 0.1) is 23.5 Å². The van der Waals surface area contributed by atoms with Crippen molar-refractivity contribution in [1.82, 2.24) is 14.8 Å². The van der Waals surface area contributed by atoms with Crippen LogP contribution in [0.5, 0.6) is 0 Å². The number of para-hydroxylation sites is 1. The minimum atomic E-state index is -4.99. The molecule has 3 unspecified atom stereocenters. The Bertz CT molecular complexity index is 1380. The van der Waals surface area contributed by atoms with Gasteiger partial charge in [-0.25, -0.2) is 19.2 Å². The number of carbonyl (C=O) groups is 2. The summed E-state index contributed by atoms with van der Waals surface area (Å²) in [6.45, 7) is 0.789. The molecular weight excluding hydrogens is 603 g/mol. The number of pyridine rings is 1. The Balaban J connectivity index is 1.16. The average molecular weight is 632 g/mol. The summed E-state index contributed by atoms with van der Waals surface area (Å²) in [5, 5.41) is 4.84. The zero-order valence-corrected chi connectivity index (χ0v) is 23.0. The molecule has 3 aliphatic heterocycles. The summed E-state index contributed by atoms with van der Waals surface area (Å²) < 4.78 is 99.9. The molecule has 4 heterocycles. The maximum atomic E-state index is 13.8. The fourth-order valence-corrected chi connectivity index (χ4v) is 5.17. The maximum absolute atomic E-state index is 13.8. The number of aromatic nitrogens is 1. The van der Waals surface area contributed by atoms with Gasteiger partial charge in [0, 0.05) is 39.3 Å². The summed E-state index contributed by atoms with van der Waals surface area (Å²) in [5.41, 5.74) is 0.128. The van der Waals surface area contributed by atoms with E-state index in [1.807, 2.05) is 4.90 Å². The van der Waals surface area contributed by atoms with Gasteiger partial charge in [-0.05, 0) is 37.1 Å². The molecule has 3 atom stereocenters. The number of piperidine rings is 1. The van der Waals surface area contributed by atoms with Crippen molar-refractivity contribution in [3.05, 3.63) is 48.4 Å². The molecule has 238 valence electrons. The van der Waals surface area contributed by atoms with E-state index in [0.29, 0.717) is 32.0 Å². The first-order valence-electron chi connectivity index (χ1n) is 13.7. The Morgan fingerprint density at radius 1 is 0.886 bits per heavy atom. The van der Waals surface area contributed by atoms with Gasteiger partial charge in [-0.2, -0.15) is 26.3 Å². The number of piperazine rings is 1. The molecule has 2 N–H and O–H groups in total. The number of nitrogens with zero attached hydrogens (tertiary/aromatic N) is 5. The van der Waals surface area contributed by atoms with Crippen molar-refractivity contribution in [1.29, 1.82) is 0 Å². The summed E-state index contributed by atoms with van der Waals surface area (Å²) in [6.07, 6.45) is -10.5. The van der Waals surface area contributed by atoms with Gasteiger partial charge in [-0.3, -0.25) is 4.79 Å². The van der Waals surface area contributed by atoms with E-state index >= 15 is 0 Å². The Labute approximate surface area is 246 Å². The number of benzene rings is 1. The number of ether oxygens (including phenoxy) is 1. The molecule has 0 saturated carbocycles.